The van der Waals surface area contributed by atoms with Gasteiger partial charge in [-0.05, 0) is 50.4 Å². The van der Waals surface area contributed by atoms with Crippen LogP contribution in [0.2, 0.25) is 0 Å². The molecule has 1 heterocycles. The average Bonchev–Trinajstić information content (AvgIpc) is 2.62. The normalized spacial score (nSPS) is 25.7. The third-order valence-corrected chi connectivity index (χ3v) is 5.85. The summed E-state index contributed by atoms with van der Waals surface area (Å²) >= 11 is 0. The van der Waals surface area contributed by atoms with Crippen LogP contribution in [-0.2, 0) is 4.79 Å². The minimum absolute atomic E-state index is 0.167. The van der Waals surface area contributed by atoms with Gasteiger partial charge in [0, 0.05) is 39.6 Å². The molecule has 0 aromatic carbocycles. The van der Waals surface area contributed by atoms with Crippen molar-refractivity contribution in [3.8, 4) is 0 Å². The second-order valence-electron chi connectivity index (χ2n) is 7.97. The lowest BCUT2D eigenvalue weighted by molar-refractivity contribution is -0.121. The van der Waals surface area contributed by atoms with Crippen molar-refractivity contribution in [3.63, 3.8) is 0 Å². The summed E-state index contributed by atoms with van der Waals surface area (Å²) in [6.45, 7) is 8.40. The summed E-state index contributed by atoms with van der Waals surface area (Å²) < 4.78 is 0. The molecule has 0 bridgehead atoms. The first-order valence-electron chi connectivity index (χ1n) is 10.4. The van der Waals surface area contributed by atoms with Gasteiger partial charge in [-0.15, -0.1) is 0 Å². The molecular formula is C20H38N4O. The van der Waals surface area contributed by atoms with Crippen molar-refractivity contribution in [3.05, 3.63) is 0 Å². The van der Waals surface area contributed by atoms with Crippen molar-refractivity contribution in [1.82, 2.24) is 15.5 Å². The van der Waals surface area contributed by atoms with Gasteiger partial charge in [0.05, 0.1) is 0 Å². The molecule has 1 saturated carbocycles. The molecule has 2 atom stereocenters. The van der Waals surface area contributed by atoms with Crippen LogP contribution in [0.15, 0.2) is 4.99 Å². The number of amides is 1. The van der Waals surface area contributed by atoms with Crippen molar-refractivity contribution in [2.75, 3.05) is 33.2 Å². The number of aliphatic imine (C=N–C) groups is 1. The van der Waals surface area contributed by atoms with E-state index in [0.717, 1.165) is 56.8 Å². The molecule has 2 N–H and O–H groups in total. The molecule has 2 aliphatic rings. The molecule has 5 nitrogen and oxygen atoms in total. The van der Waals surface area contributed by atoms with Gasteiger partial charge in [-0.1, -0.05) is 26.2 Å². The van der Waals surface area contributed by atoms with Gasteiger partial charge in [-0.3, -0.25) is 9.79 Å². The lowest BCUT2D eigenvalue weighted by Crippen LogP contribution is -2.46. The number of hydrogen-bond donors (Lipinski definition) is 2. The van der Waals surface area contributed by atoms with Crippen LogP contribution in [0.5, 0.6) is 0 Å². The first kappa shape index (κ1) is 20.1. The molecule has 1 aliphatic heterocycles. The Labute approximate surface area is 154 Å². The predicted octanol–water partition coefficient (Wildman–Crippen LogP) is 3.02. The van der Waals surface area contributed by atoms with Gasteiger partial charge < -0.3 is 15.5 Å². The number of likely N-dealkylation sites (tertiary alicyclic amines) is 1. The van der Waals surface area contributed by atoms with E-state index in [1.165, 1.54) is 32.1 Å². The zero-order chi connectivity index (χ0) is 18.1. The monoisotopic (exact) mass is 350 g/mol. The highest BCUT2D eigenvalue weighted by molar-refractivity contribution is 5.80. The van der Waals surface area contributed by atoms with E-state index in [4.69, 9.17) is 4.99 Å². The molecule has 5 heteroatoms. The van der Waals surface area contributed by atoms with Gasteiger partial charge in [0.25, 0.3) is 0 Å². The SMILES string of the molecule is CCNC(=NCCC1CCCC(C)C1)N1CCC(CC(=O)NC)CC1. The highest BCUT2D eigenvalue weighted by Crippen LogP contribution is 2.30. The van der Waals surface area contributed by atoms with Crippen LogP contribution >= 0.6 is 0 Å². The molecule has 2 unspecified atom stereocenters. The fourth-order valence-electron chi connectivity index (χ4n) is 4.31. The number of carbonyl (C=O) groups is 1. The van der Waals surface area contributed by atoms with Crippen molar-refractivity contribution in [1.29, 1.82) is 0 Å². The Hall–Kier alpha value is -1.26. The zero-order valence-corrected chi connectivity index (χ0v) is 16.5. The van der Waals surface area contributed by atoms with Crippen LogP contribution in [0.3, 0.4) is 0 Å². The number of piperidine rings is 1. The predicted molar refractivity (Wildman–Crippen MR) is 105 cm³/mol. The van der Waals surface area contributed by atoms with E-state index in [1.807, 2.05) is 0 Å². The van der Waals surface area contributed by atoms with E-state index in [2.05, 4.69) is 29.4 Å². The maximum Gasteiger partial charge on any atom is 0.220 e. The Kier molecular flexibility index (Phi) is 8.56. The highest BCUT2D eigenvalue weighted by Gasteiger charge is 2.23. The summed E-state index contributed by atoms with van der Waals surface area (Å²) in [5, 5.41) is 6.20. The lowest BCUT2D eigenvalue weighted by atomic mass is 9.81. The molecular weight excluding hydrogens is 312 g/mol. The molecule has 0 aromatic rings. The van der Waals surface area contributed by atoms with Gasteiger partial charge in [0.1, 0.15) is 0 Å². The van der Waals surface area contributed by atoms with Gasteiger partial charge in [0.15, 0.2) is 5.96 Å². The standard InChI is InChI=1S/C20H38N4O/c1-4-22-20(23-11-8-17-7-5-6-16(2)14-17)24-12-9-18(10-13-24)15-19(25)21-3/h16-18H,4-15H2,1-3H3,(H,21,25)(H,22,23). The third-order valence-electron chi connectivity index (χ3n) is 5.85. The zero-order valence-electron chi connectivity index (χ0n) is 16.5. The molecule has 1 amide bonds. The smallest absolute Gasteiger partial charge is 0.220 e. The Bertz CT molecular complexity index is 429. The summed E-state index contributed by atoms with van der Waals surface area (Å²) in [6, 6.07) is 0. The molecule has 0 radical (unpaired) electrons. The quantitative estimate of drug-likeness (QED) is 0.572. The minimum atomic E-state index is 0.167. The van der Waals surface area contributed by atoms with Gasteiger partial charge >= 0.3 is 0 Å². The van der Waals surface area contributed by atoms with E-state index in [0.29, 0.717) is 12.3 Å². The lowest BCUT2D eigenvalue weighted by Gasteiger charge is -2.34. The van der Waals surface area contributed by atoms with E-state index in [1.54, 1.807) is 7.05 Å². The van der Waals surface area contributed by atoms with E-state index in [-0.39, 0.29) is 5.91 Å². The Morgan fingerprint density at radius 2 is 1.92 bits per heavy atom. The third kappa shape index (κ3) is 6.87. The van der Waals surface area contributed by atoms with Gasteiger partial charge in [0.2, 0.25) is 5.91 Å². The van der Waals surface area contributed by atoms with Crippen LogP contribution in [0.4, 0.5) is 0 Å². The summed E-state index contributed by atoms with van der Waals surface area (Å²) in [5.74, 6) is 3.53. The molecule has 0 spiro atoms. The van der Waals surface area contributed by atoms with Crippen LogP contribution in [0.1, 0.15) is 65.2 Å². The average molecular weight is 351 g/mol. The molecule has 2 fully saturated rings. The van der Waals surface area contributed by atoms with Crippen LogP contribution in [0, 0.1) is 17.8 Å². The Morgan fingerprint density at radius 1 is 1.16 bits per heavy atom. The fourth-order valence-corrected chi connectivity index (χ4v) is 4.31. The molecule has 0 aromatic heterocycles. The first-order valence-corrected chi connectivity index (χ1v) is 10.4. The van der Waals surface area contributed by atoms with Crippen molar-refractivity contribution in [2.24, 2.45) is 22.7 Å². The molecule has 25 heavy (non-hydrogen) atoms. The van der Waals surface area contributed by atoms with Crippen LogP contribution in [0.25, 0.3) is 0 Å². The second-order valence-corrected chi connectivity index (χ2v) is 7.97. The summed E-state index contributed by atoms with van der Waals surface area (Å²) in [5.41, 5.74) is 0. The Balaban J connectivity index is 1.78. The summed E-state index contributed by atoms with van der Waals surface area (Å²) in [7, 11) is 1.72. The molecule has 2 rings (SSSR count). The van der Waals surface area contributed by atoms with Crippen molar-refractivity contribution >= 4 is 11.9 Å². The van der Waals surface area contributed by atoms with Gasteiger partial charge in [-0.25, -0.2) is 0 Å². The van der Waals surface area contributed by atoms with E-state index in [9.17, 15) is 4.79 Å². The largest absolute Gasteiger partial charge is 0.359 e. The topological polar surface area (TPSA) is 56.7 Å². The number of hydrogen-bond acceptors (Lipinski definition) is 2. The number of nitrogens with zero attached hydrogens (tertiary/aromatic N) is 2. The fraction of sp³-hybridized carbons (Fsp3) is 0.900. The molecule has 1 saturated heterocycles. The van der Waals surface area contributed by atoms with E-state index >= 15 is 0 Å². The van der Waals surface area contributed by atoms with Gasteiger partial charge in [-0.2, -0.15) is 0 Å². The molecule has 144 valence electrons. The first-order chi connectivity index (χ1) is 12.1. The molecule has 1 aliphatic carbocycles. The summed E-state index contributed by atoms with van der Waals surface area (Å²) in [6.07, 6.45) is 9.64. The maximum atomic E-state index is 11.6. The second kappa shape index (κ2) is 10.7. The minimum Gasteiger partial charge on any atom is -0.359 e. The number of nitrogens with one attached hydrogen (secondary N) is 2. The van der Waals surface area contributed by atoms with Crippen molar-refractivity contribution < 1.29 is 4.79 Å². The Morgan fingerprint density at radius 3 is 2.56 bits per heavy atom. The number of rotatable bonds is 6. The summed E-state index contributed by atoms with van der Waals surface area (Å²) in [4.78, 5) is 18.8. The number of carbonyl (C=O) groups excluding carboxylic acids is 1. The maximum absolute atomic E-state index is 11.6. The highest BCUT2D eigenvalue weighted by atomic mass is 16.1. The van der Waals surface area contributed by atoms with Crippen LogP contribution < -0.4 is 10.6 Å². The number of guanidine groups is 1. The van der Waals surface area contributed by atoms with Crippen molar-refractivity contribution in [2.45, 2.75) is 65.2 Å². The van der Waals surface area contributed by atoms with Crippen LogP contribution in [-0.4, -0.2) is 50.0 Å². The van der Waals surface area contributed by atoms with E-state index < -0.39 is 0 Å².